The van der Waals surface area contributed by atoms with Gasteiger partial charge >= 0.3 is 6.09 Å². The zero-order valence-corrected chi connectivity index (χ0v) is 12.1. The molecule has 0 aromatic carbocycles. The quantitative estimate of drug-likeness (QED) is 0.840. The number of amides is 1. The molecule has 0 aromatic heterocycles. The van der Waals surface area contributed by atoms with Crippen LogP contribution in [0.5, 0.6) is 0 Å². The van der Waals surface area contributed by atoms with E-state index in [2.05, 4.69) is 12.2 Å². The van der Waals surface area contributed by atoms with Gasteiger partial charge in [-0.05, 0) is 52.4 Å². The van der Waals surface area contributed by atoms with Crippen LogP contribution in [0.4, 0.5) is 4.79 Å². The SMILES string of the molecule is CC1CC(CC(=O)[C@@H](C)NC(=O)OC(C)(C)C)C1. The third-order valence-corrected chi connectivity index (χ3v) is 3.18. The number of ketones is 1. The molecule has 1 atom stereocenters. The standard InChI is InChI=1S/C14H25NO3/c1-9-6-11(7-9)8-12(16)10(2)15-13(17)18-14(3,4)5/h9-11H,6-8H2,1-5H3,(H,15,17)/t9?,10-,11?/m1/s1. The largest absolute Gasteiger partial charge is 0.444 e. The molecular weight excluding hydrogens is 230 g/mol. The molecule has 0 bridgehead atoms. The summed E-state index contributed by atoms with van der Waals surface area (Å²) >= 11 is 0. The van der Waals surface area contributed by atoms with Gasteiger partial charge in [0.05, 0.1) is 6.04 Å². The lowest BCUT2D eigenvalue weighted by molar-refractivity contribution is -0.122. The summed E-state index contributed by atoms with van der Waals surface area (Å²) in [5.41, 5.74) is -0.531. The Bertz CT molecular complexity index is 313. The lowest BCUT2D eigenvalue weighted by atomic mass is 9.73. The van der Waals surface area contributed by atoms with Crippen molar-refractivity contribution in [2.24, 2.45) is 11.8 Å². The van der Waals surface area contributed by atoms with Gasteiger partial charge in [0.25, 0.3) is 0 Å². The Morgan fingerprint density at radius 1 is 1.33 bits per heavy atom. The molecule has 1 rings (SSSR count). The first-order valence-corrected chi connectivity index (χ1v) is 6.69. The molecule has 0 heterocycles. The van der Waals surface area contributed by atoms with Crippen LogP contribution in [0.15, 0.2) is 0 Å². The zero-order chi connectivity index (χ0) is 13.9. The third kappa shape index (κ3) is 5.07. The van der Waals surface area contributed by atoms with E-state index in [1.54, 1.807) is 27.7 Å². The zero-order valence-electron chi connectivity index (χ0n) is 12.1. The van der Waals surface area contributed by atoms with Crippen molar-refractivity contribution < 1.29 is 14.3 Å². The van der Waals surface area contributed by atoms with Crippen LogP contribution in [-0.4, -0.2) is 23.5 Å². The van der Waals surface area contributed by atoms with E-state index < -0.39 is 17.7 Å². The van der Waals surface area contributed by atoms with Crippen molar-refractivity contribution in [3.8, 4) is 0 Å². The van der Waals surface area contributed by atoms with Crippen LogP contribution in [0.2, 0.25) is 0 Å². The number of alkyl carbamates (subject to hydrolysis) is 1. The molecule has 1 amide bonds. The summed E-state index contributed by atoms with van der Waals surface area (Å²) < 4.78 is 5.12. The molecule has 4 nitrogen and oxygen atoms in total. The van der Waals surface area contributed by atoms with Gasteiger partial charge in [-0.25, -0.2) is 4.79 Å². The number of carbonyl (C=O) groups is 2. The van der Waals surface area contributed by atoms with Crippen LogP contribution in [0.25, 0.3) is 0 Å². The van der Waals surface area contributed by atoms with Gasteiger partial charge < -0.3 is 10.1 Å². The second-order valence-electron chi connectivity index (χ2n) is 6.48. The lowest BCUT2D eigenvalue weighted by Gasteiger charge is -2.32. The number of Topliss-reactive ketones (excluding diaryl/α,β-unsaturated/α-hetero) is 1. The minimum Gasteiger partial charge on any atom is -0.444 e. The molecule has 0 unspecified atom stereocenters. The van der Waals surface area contributed by atoms with E-state index in [4.69, 9.17) is 4.74 Å². The highest BCUT2D eigenvalue weighted by Gasteiger charge is 2.29. The predicted octanol–water partition coefficient (Wildman–Crippen LogP) is 2.90. The Morgan fingerprint density at radius 3 is 2.33 bits per heavy atom. The molecule has 104 valence electrons. The Hall–Kier alpha value is -1.06. The van der Waals surface area contributed by atoms with E-state index in [-0.39, 0.29) is 5.78 Å². The van der Waals surface area contributed by atoms with Crippen molar-refractivity contribution >= 4 is 11.9 Å². The van der Waals surface area contributed by atoms with Crippen molar-refractivity contribution in [3.05, 3.63) is 0 Å². The third-order valence-electron chi connectivity index (χ3n) is 3.18. The molecule has 0 saturated heterocycles. The van der Waals surface area contributed by atoms with Gasteiger partial charge in [0.2, 0.25) is 0 Å². The van der Waals surface area contributed by atoms with Gasteiger partial charge in [0.1, 0.15) is 5.60 Å². The number of nitrogens with one attached hydrogen (secondary N) is 1. The Kier molecular flexibility index (Phi) is 4.77. The van der Waals surface area contributed by atoms with Gasteiger partial charge in [0.15, 0.2) is 5.78 Å². The molecule has 1 fully saturated rings. The molecule has 0 aliphatic heterocycles. The van der Waals surface area contributed by atoms with Crippen LogP contribution in [-0.2, 0) is 9.53 Å². The molecule has 1 N–H and O–H groups in total. The molecule has 0 aromatic rings. The van der Waals surface area contributed by atoms with E-state index in [9.17, 15) is 9.59 Å². The molecule has 0 spiro atoms. The van der Waals surface area contributed by atoms with Gasteiger partial charge in [0, 0.05) is 6.42 Å². The molecule has 18 heavy (non-hydrogen) atoms. The fraction of sp³-hybridized carbons (Fsp3) is 0.857. The normalized spacial score (nSPS) is 24.9. The Morgan fingerprint density at radius 2 is 1.89 bits per heavy atom. The smallest absolute Gasteiger partial charge is 0.408 e. The van der Waals surface area contributed by atoms with Crippen LogP contribution < -0.4 is 5.32 Å². The fourth-order valence-electron chi connectivity index (χ4n) is 2.26. The maximum Gasteiger partial charge on any atom is 0.408 e. The van der Waals surface area contributed by atoms with E-state index in [1.165, 1.54) is 0 Å². The second kappa shape index (κ2) is 5.72. The van der Waals surface area contributed by atoms with Crippen LogP contribution in [0.3, 0.4) is 0 Å². The minimum atomic E-state index is -0.531. The van der Waals surface area contributed by atoms with Gasteiger partial charge in [-0.15, -0.1) is 0 Å². The molecule has 1 aliphatic rings. The van der Waals surface area contributed by atoms with Crippen LogP contribution in [0, 0.1) is 11.8 Å². The minimum absolute atomic E-state index is 0.0951. The summed E-state index contributed by atoms with van der Waals surface area (Å²) in [6, 6.07) is -0.462. The summed E-state index contributed by atoms with van der Waals surface area (Å²) in [7, 11) is 0. The molecule has 1 aliphatic carbocycles. The van der Waals surface area contributed by atoms with E-state index in [1.807, 2.05) is 0 Å². The first kappa shape index (κ1) is 15.0. The van der Waals surface area contributed by atoms with E-state index in [0.29, 0.717) is 12.3 Å². The number of hydrogen-bond acceptors (Lipinski definition) is 3. The monoisotopic (exact) mass is 255 g/mol. The van der Waals surface area contributed by atoms with Gasteiger partial charge in [-0.1, -0.05) is 6.92 Å². The number of hydrogen-bond donors (Lipinski definition) is 1. The maximum atomic E-state index is 11.9. The number of rotatable bonds is 4. The summed E-state index contributed by atoms with van der Waals surface area (Å²) in [5.74, 6) is 1.35. The average molecular weight is 255 g/mol. The van der Waals surface area contributed by atoms with Crippen molar-refractivity contribution in [2.75, 3.05) is 0 Å². The molecule has 1 saturated carbocycles. The Labute approximate surface area is 109 Å². The van der Waals surface area contributed by atoms with Gasteiger partial charge in [-0.2, -0.15) is 0 Å². The molecular formula is C14H25NO3. The van der Waals surface area contributed by atoms with Crippen LogP contribution in [0.1, 0.15) is 53.9 Å². The summed E-state index contributed by atoms with van der Waals surface area (Å²) in [4.78, 5) is 23.4. The summed E-state index contributed by atoms with van der Waals surface area (Å²) in [6.07, 6.45) is 2.31. The topological polar surface area (TPSA) is 55.4 Å². The predicted molar refractivity (Wildman–Crippen MR) is 70.3 cm³/mol. The molecule has 4 heteroatoms. The summed E-state index contributed by atoms with van der Waals surface area (Å²) in [6.45, 7) is 9.32. The first-order valence-electron chi connectivity index (χ1n) is 6.69. The van der Waals surface area contributed by atoms with E-state index >= 15 is 0 Å². The van der Waals surface area contributed by atoms with Gasteiger partial charge in [-0.3, -0.25) is 4.79 Å². The second-order valence-corrected chi connectivity index (χ2v) is 6.48. The van der Waals surface area contributed by atoms with E-state index in [0.717, 1.165) is 18.8 Å². The van der Waals surface area contributed by atoms with Crippen molar-refractivity contribution in [3.63, 3.8) is 0 Å². The lowest BCUT2D eigenvalue weighted by Crippen LogP contribution is -2.42. The Balaban J connectivity index is 2.29. The highest BCUT2D eigenvalue weighted by atomic mass is 16.6. The van der Waals surface area contributed by atoms with Crippen molar-refractivity contribution in [1.29, 1.82) is 0 Å². The number of ether oxygens (including phenoxy) is 1. The van der Waals surface area contributed by atoms with Crippen molar-refractivity contribution in [2.45, 2.75) is 65.5 Å². The highest BCUT2D eigenvalue weighted by molar-refractivity contribution is 5.87. The molecule has 0 radical (unpaired) electrons. The van der Waals surface area contributed by atoms with Crippen LogP contribution >= 0.6 is 0 Å². The highest BCUT2D eigenvalue weighted by Crippen LogP contribution is 2.35. The summed E-state index contributed by atoms with van der Waals surface area (Å²) in [5, 5.41) is 2.59. The maximum absolute atomic E-state index is 11.9. The fourth-order valence-corrected chi connectivity index (χ4v) is 2.26. The number of carbonyl (C=O) groups excluding carboxylic acids is 2. The van der Waals surface area contributed by atoms with Crippen molar-refractivity contribution in [1.82, 2.24) is 5.32 Å². The first-order chi connectivity index (χ1) is 8.17. The average Bonchev–Trinajstić information content (AvgIpc) is 2.11.